The molecular formula is C19H21F3N4O5. The van der Waals surface area contributed by atoms with Gasteiger partial charge in [0.15, 0.2) is 0 Å². The van der Waals surface area contributed by atoms with Crippen molar-refractivity contribution < 1.29 is 37.0 Å². The van der Waals surface area contributed by atoms with Crippen LogP contribution >= 0.6 is 0 Å². The standard InChI is InChI=1S/C17H20N4O3.C2HF3O2/c1-12-14(3-8-23-12)15(22)21-7-4-17(11-21)9-13(10-24-17)20-16-18-5-2-6-19-16;3-2(4,5)1(6)7/h2-3,5-6,8,13H,4,7,9-11H2,1H3,(H,18,19,20);(H,6,7). The van der Waals surface area contributed by atoms with Crippen molar-refractivity contribution in [1.82, 2.24) is 14.9 Å². The lowest BCUT2D eigenvalue weighted by molar-refractivity contribution is -0.192. The molecule has 2 aliphatic heterocycles. The van der Waals surface area contributed by atoms with Gasteiger partial charge in [-0.15, -0.1) is 0 Å². The van der Waals surface area contributed by atoms with Crippen LogP contribution in [0.2, 0.25) is 0 Å². The largest absolute Gasteiger partial charge is 0.490 e. The Morgan fingerprint density at radius 1 is 1.32 bits per heavy atom. The van der Waals surface area contributed by atoms with Gasteiger partial charge >= 0.3 is 12.1 Å². The Morgan fingerprint density at radius 2 is 2.00 bits per heavy atom. The van der Waals surface area contributed by atoms with Gasteiger partial charge in [0.1, 0.15) is 5.76 Å². The van der Waals surface area contributed by atoms with Crippen LogP contribution < -0.4 is 5.32 Å². The minimum atomic E-state index is -5.08. The molecule has 0 aliphatic carbocycles. The molecule has 4 heterocycles. The zero-order valence-corrected chi connectivity index (χ0v) is 16.6. The number of likely N-dealkylation sites (tertiary alicyclic amines) is 1. The van der Waals surface area contributed by atoms with Gasteiger partial charge in [0.05, 0.1) is 36.6 Å². The van der Waals surface area contributed by atoms with Crippen molar-refractivity contribution in [2.75, 3.05) is 25.0 Å². The molecule has 12 heteroatoms. The fourth-order valence-electron chi connectivity index (χ4n) is 3.57. The van der Waals surface area contributed by atoms with E-state index in [0.29, 0.717) is 37.0 Å². The molecule has 0 saturated carbocycles. The second-order valence-electron chi connectivity index (χ2n) is 7.28. The zero-order chi connectivity index (χ0) is 22.6. The topological polar surface area (TPSA) is 118 Å². The summed E-state index contributed by atoms with van der Waals surface area (Å²) in [5, 5.41) is 10.4. The number of hydrogen-bond acceptors (Lipinski definition) is 7. The summed E-state index contributed by atoms with van der Waals surface area (Å²) in [5.41, 5.74) is 0.372. The van der Waals surface area contributed by atoms with Gasteiger partial charge in [-0.05, 0) is 25.5 Å². The first-order valence-corrected chi connectivity index (χ1v) is 9.41. The van der Waals surface area contributed by atoms with E-state index in [4.69, 9.17) is 19.1 Å². The normalized spacial score (nSPS) is 22.8. The van der Waals surface area contributed by atoms with E-state index in [1.807, 2.05) is 11.8 Å². The monoisotopic (exact) mass is 442 g/mol. The molecule has 9 nitrogen and oxygen atoms in total. The average molecular weight is 442 g/mol. The number of furan rings is 1. The van der Waals surface area contributed by atoms with Crippen LogP contribution in [0.25, 0.3) is 0 Å². The highest BCUT2D eigenvalue weighted by Gasteiger charge is 2.47. The Kier molecular flexibility index (Phi) is 6.48. The molecule has 2 fully saturated rings. The molecule has 0 bridgehead atoms. The van der Waals surface area contributed by atoms with Gasteiger partial charge in [0, 0.05) is 25.4 Å². The van der Waals surface area contributed by atoms with E-state index in [2.05, 4.69) is 15.3 Å². The van der Waals surface area contributed by atoms with Crippen LogP contribution in [0.15, 0.2) is 35.2 Å². The number of aromatic nitrogens is 2. The number of alkyl halides is 3. The van der Waals surface area contributed by atoms with Gasteiger partial charge in [-0.3, -0.25) is 4.79 Å². The Hall–Kier alpha value is -3.15. The highest BCUT2D eigenvalue weighted by atomic mass is 19.4. The number of aryl methyl sites for hydroxylation is 1. The summed E-state index contributed by atoms with van der Waals surface area (Å²) in [4.78, 5) is 31.8. The lowest BCUT2D eigenvalue weighted by Crippen LogP contribution is -2.36. The van der Waals surface area contributed by atoms with Crippen LogP contribution in [0.1, 0.15) is 29.0 Å². The summed E-state index contributed by atoms with van der Waals surface area (Å²) < 4.78 is 43.1. The molecule has 2 unspecified atom stereocenters. The number of hydrogen-bond donors (Lipinski definition) is 2. The fraction of sp³-hybridized carbons (Fsp3) is 0.474. The summed E-state index contributed by atoms with van der Waals surface area (Å²) in [6.07, 6.45) is 1.59. The molecule has 4 rings (SSSR count). The summed E-state index contributed by atoms with van der Waals surface area (Å²) in [6, 6.07) is 3.68. The number of nitrogens with zero attached hydrogens (tertiary/aromatic N) is 3. The molecule has 1 amide bonds. The third-order valence-electron chi connectivity index (χ3n) is 5.04. The molecule has 2 aromatic heterocycles. The molecular weight excluding hydrogens is 421 g/mol. The van der Waals surface area contributed by atoms with Crippen molar-refractivity contribution in [1.29, 1.82) is 0 Å². The maximum absolute atomic E-state index is 12.6. The Balaban J connectivity index is 0.000000339. The third kappa shape index (κ3) is 5.51. The molecule has 0 radical (unpaired) electrons. The SMILES string of the molecule is Cc1occc1C(=O)N1CCC2(CC(Nc3ncccn3)CO2)C1.O=C(O)C(F)(F)F. The van der Waals surface area contributed by atoms with Crippen molar-refractivity contribution in [3.63, 3.8) is 0 Å². The number of rotatable bonds is 3. The number of nitrogens with one attached hydrogen (secondary N) is 1. The van der Waals surface area contributed by atoms with Crippen molar-refractivity contribution >= 4 is 17.8 Å². The number of ether oxygens (including phenoxy) is 1. The first-order valence-electron chi connectivity index (χ1n) is 9.41. The van der Waals surface area contributed by atoms with Gasteiger partial charge in [0.2, 0.25) is 5.95 Å². The summed E-state index contributed by atoms with van der Waals surface area (Å²) in [5.74, 6) is -1.46. The fourth-order valence-corrected chi connectivity index (χ4v) is 3.57. The van der Waals surface area contributed by atoms with Crippen molar-refractivity contribution in [2.45, 2.75) is 37.6 Å². The molecule has 2 saturated heterocycles. The van der Waals surface area contributed by atoms with E-state index in [0.717, 1.165) is 12.8 Å². The minimum absolute atomic E-state index is 0.0181. The number of carbonyl (C=O) groups excluding carboxylic acids is 1. The smallest absolute Gasteiger partial charge is 0.475 e. The Labute approximate surface area is 175 Å². The van der Waals surface area contributed by atoms with E-state index in [1.54, 1.807) is 30.8 Å². The number of halogens is 3. The second kappa shape index (κ2) is 8.92. The number of carboxylic acid groups (broad SMARTS) is 1. The highest BCUT2D eigenvalue weighted by molar-refractivity contribution is 5.95. The van der Waals surface area contributed by atoms with E-state index in [-0.39, 0.29) is 17.6 Å². The maximum atomic E-state index is 12.6. The molecule has 0 aromatic carbocycles. The molecule has 168 valence electrons. The Bertz CT molecular complexity index is 921. The number of aliphatic carboxylic acids is 1. The average Bonchev–Trinajstić information content (AvgIpc) is 3.43. The zero-order valence-electron chi connectivity index (χ0n) is 16.6. The van der Waals surface area contributed by atoms with Crippen LogP contribution in [0, 0.1) is 6.92 Å². The highest BCUT2D eigenvalue weighted by Crippen LogP contribution is 2.36. The number of amides is 1. The minimum Gasteiger partial charge on any atom is -0.475 e. The lowest BCUT2D eigenvalue weighted by atomic mass is 9.97. The van der Waals surface area contributed by atoms with Crippen LogP contribution in [0.5, 0.6) is 0 Å². The third-order valence-corrected chi connectivity index (χ3v) is 5.04. The van der Waals surface area contributed by atoms with E-state index < -0.39 is 12.1 Å². The molecule has 31 heavy (non-hydrogen) atoms. The van der Waals surface area contributed by atoms with Crippen LogP contribution in [0.3, 0.4) is 0 Å². The molecule has 1 spiro atoms. The van der Waals surface area contributed by atoms with E-state index in [9.17, 15) is 18.0 Å². The summed E-state index contributed by atoms with van der Waals surface area (Å²) in [6.45, 7) is 3.73. The molecule has 2 atom stereocenters. The van der Waals surface area contributed by atoms with Gasteiger partial charge in [-0.1, -0.05) is 0 Å². The maximum Gasteiger partial charge on any atom is 0.490 e. The first kappa shape index (κ1) is 22.5. The predicted molar refractivity (Wildman–Crippen MR) is 100 cm³/mol. The van der Waals surface area contributed by atoms with Crippen LogP contribution in [0.4, 0.5) is 19.1 Å². The van der Waals surface area contributed by atoms with Gasteiger partial charge in [0.25, 0.3) is 5.91 Å². The first-order chi connectivity index (χ1) is 14.6. The van der Waals surface area contributed by atoms with Gasteiger partial charge < -0.3 is 24.5 Å². The van der Waals surface area contributed by atoms with Gasteiger partial charge in [-0.25, -0.2) is 14.8 Å². The second-order valence-corrected chi connectivity index (χ2v) is 7.28. The predicted octanol–water partition coefficient (Wildman–Crippen LogP) is 2.50. The number of carbonyl (C=O) groups is 2. The van der Waals surface area contributed by atoms with E-state index >= 15 is 0 Å². The quantitative estimate of drug-likeness (QED) is 0.745. The van der Waals surface area contributed by atoms with Crippen molar-refractivity contribution in [3.8, 4) is 0 Å². The van der Waals surface area contributed by atoms with Crippen LogP contribution in [-0.4, -0.2) is 69.4 Å². The molecule has 2 aromatic rings. The van der Waals surface area contributed by atoms with Crippen molar-refractivity contribution in [3.05, 3.63) is 42.1 Å². The lowest BCUT2D eigenvalue weighted by Gasteiger charge is -2.23. The molecule has 2 N–H and O–H groups in total. The van der Waals surface area contributed by atoms with Crippen molar-refractivity contribution in [2.24, 2.45) is 0 Å². The van der Waals surface area contributed by atoms with E-state index in [1.165, 1.54) is 0 Å². The number of carboxylic acids is 1. The molecule has 2 aliphatic rings. The summed E-state index contributed by atoms with van der Waals surface area (Å²) in [7, 11) is 0. The van der Waals surface area contributed by atoms with Gasteiger partial charge in [-0.2, -0.15) is 13.2 Å². The summed E-state index contributed by atoms with van der Waals surface area (Å²) >= 11 is 0. The Morgan fingerprint density at radius 3 is 2.58 bits per heavy atom. The van der Waals surface area contributed by atoms with Crippen LogP contribution in [-0.2, 0) is 9.53 Å². The number of anilines is 1.